The number of nitrogens with one attached hydrogen (secondary N) is 1. The second-order valence-corrected chi connectivity index (χ2v) is 4.59. The minimum atomic E-state index is -0.162. The number of allylic oxidation sites excluding steroid dienone is 1. The van der Waals surface area contributed by atoms with E-state index in [4.69, 9.17) is 0 Å². The number of Topliss-reactive ketones (excluding diaryl/α,β-unsaturated/α-hetero) is 1. The van der Waals surface area contributed by atoms with E-state index in [1.807, 2.05) is 30.3 Å². The van der Waals surface area contributed by atoms with E-state index < -0.39 is 0 Å². The zero-order valence-corrected chi connectivity index (χ0v) is 12.0. The number of benzene rings is 1. The summed E-state index contributed by atoms with van der Waals surface area (Å²) >= 11 is 0. The first-order valence-corrected chi connectivity index (χ1v) is 6.60. The maximum Gasteiger partial charge on any atom is 0.248 e. The van der Waals surface area contributed by atoms with Gasteiger partial charge in [-0.3, -0.25) is 14.6 Å². The molecule has 2 aromatic rings. The van der Waals surface area contributed by atoms with Crippen LogP contribution in [-0.2, 0) is 4.79 Å². The molecule has 0 unspecified atom stereocenters. The summed E-state index contributed by atoms with van der Waals surface area (Å²) in [5.74, 6) is -0.176. The number of hydrogen-bond donors (Lipinski definition) is 1. The van der Waals surface area contributed by atoms with Crippen LogP contribution in [0.1, 0.15) is 24.2 Å². The molecule has 4 nitrogen and oxygen atoms in total. The van der Waals surface area contributed by atoms with Gasteiger partial charge in [-0.1, -0.05) is 18.2 Å². The first-order valence-electron chi connectivity index (χ1n) is 6.60. The lowest BCUT2D eigenvalue weighted by atomic mass is 10.0. The van der Waals surface area contributed by atoms with Crippen molar-refractivity contribution in [1.82, 2.24) is 4.98 Å². The van der Waals surface area contributed by atoms with Crippen LogP contribution in [0.3, 0.4) is 0 Å². The molecule has 0 aliphatic rings. The van der Waals surface area contributed by atoms with E-state index in [-0.39, 0.29) is 11.7 Å². The molecular weight excluding hydrogens is 264 g/mol. The molecule has 106 valence electrons. The van der Waals surface area contributed by atoms with Crippen LogP contribution in [0.5, 0.6) is 0 Å². The lowest BCUT2D eigenvalue weighted by molar-refractivity contribution is -0.111. The van der Waals surface area contributed by atoms with Crippen molar-refractivity contribution in [3.8, 4) is 11.1 Å². The molecule has 4 heteroatoms. The molecule has 2 rings (SSSR count). The number of nitrogens with zero attached hydrogens (tertiary/aromatic N) is 1. The van der Waals surface area contributed by atoms with Gasteiger partial charge in [-0.25, -0.2) is 0 Å². The van der Waals surface area contributed by atoms with Crippen LogP contribution in [0, 0.1) is 0 Å². The Bertz CT molecular complexity index is 688. The van der Waals surface area contributed by atoms with Crippen LogP contribution >= 0.6 is 0 Å². The lowest BCUT2D eigenvalue weighted by Gasteiger charge is -2.06. The highest BCUT2D eigenvalue weighted by atomic mass is 16.1. The van der Waals surface area contributed by atoms with Crippen molar-refractivity contribution >= 4 is 17.4 Å². The number of pyridine rings is 1. The van der Waals surface area contributed by atoms with Gasteiger partial charge in [-0.05, 0) is 43.7 Å². The van der Waals surface area contributed by atoms with Gasteiger partial charge in [0.25, 0.3) is 0 Å². The van der Waals surface area contributed by atoms with E-state index in [9.17, 15) is 9.59 Å². The standard InChI is InChI=1S/C17H16N2O2/c1-3-4-17(21)19-16-7-5-13(6-8-16)15-9-14(12(2)20)10-18-11-15/h3-11H,1-2H3,(H,19,21)/b4-3+. The summed E-state index contributed by atoms with van der Waals surface area (Å²) in [6.45, 7) is 3.30. The van der Waals surface area contributed by atoms with Gasteiger partial charge in [0.2, 0.25) is 5.91 Å². The largest absolute Gasteiger partial charge is 0.323 e. The highest BCUT2D eigenvalue weighted by Crippen LogP contribution is 2.21. The molecule has 0 radical (unpaired) electrons. The normalized spacial score (nSPS) is 10.6. The smallest absolute Gasteiger partial charge is 0.248 e. The van der Waals surface area contributed by atoms with Crippen LogP contribution in [0.2, 0.25) is 0 Å². The molecule has 0 aliphatic carbocycles. The predicted molar refractivity (Wildman–Crippen MR) is 83.1 cm³/mol. The minimum absolute atomic E-state index is 0.0143. The second-order valence-electron chi connectivity index (χ2n) is 4.59. The van der Waals surface area contributed by atoms with Crippen LogP contribution in [0.25, 0.3) is 11.1 Å². The predicted octanol–water partition coefficient (Wildman–Crippen LogP) is 3.47. The Labute approximate surface area is 123 Å². The molecule has 1 aromatic carbocycles. The van der Waals surface area contributed by atoms with Crippen molar-refractivity contribution in [2.45, 2.75) is 13.8 Å². The average Bonchev–Trinajstić information content (AvgIpc) is 2.48. The molecule has 1 aromatic heterocycles. The molecule has 1 amide bonds. The van der Waals surface area contributed by atoms with E-state index in [1.165, 1.54) is 13.0 Å². The Balaban J connectivity index is 2.21. The van der Waals surface area contributed by atoms with Crippen LogP contribution in [0.15, 0.2) is 54.9 Å². The monoisotopic (exact) mass is 280 g/mol. The van der Waals surface area contributed by atoms with Gasteiger partial charge in [0, 0.05) is 29.2 Å². The molecule has 0 atom stereocenters. The summed E-state index contributed by atoms with van der Waals surface area (Å²) in [6.07, 6.45) is 6.41. The molecule has 0 bridgehead atoms. The summed E-state index contributed by atoms with van der Waals surface area (Å²) in [5, 5.41) is 2.76. The lowest BCUT2D eigenvalue weighted by Crippen LogP contribution is -2.07. The zero-order chi connectivity index (χ0) is 15.2. The Hall–Kier alpha value is -2.75. The van der Waals surface area contributed by atoms with Crippen molar-refractivity contribution in [2.24, 2.45) is 0 Å². The number of carbonyl (C=O) groups excluding carboxylic acids is 2. The second kappa shape index (κ2) is 6.61. The third-order valence-corrected chi connectivity index (χ3v) is 2.95. The molecule has 0 saturated carbocycles. The number of aromatic nitrogens is 1. The van der Waals surface area contributed by atoms with Crippen molar-refractivity contribution in [1.29, 1.82) is 0 Å². The summed E-state index contributed by atoms with van der Waals surface area (Å²) in [7, 11) is 0. The molecule has 0 aliphatic heterocycles. The molecule has 21 heavy (non-hydrogen) atoms. The highest BCUT2D eigenvalue weighted by molar-refractivity contribution is 5.99. The van der Waals surface area contributed by atoms with E-state index in [1.54, 1.807) is 25.4 Å². The Kier molecular flexibility index (Phi) is 4.61. The molecular formula is C17H16N2O2. The van der Waals surface area contributed by atoms with Crippen LogP contribution < -0.4 is 5.32 Å². The van der Waals surface area contributed by atoms with Crippen LogP contribution in [0.4, 0.5) is 5.69 Å². The Morgan fingerprint density at radius 3 is 2.43 bits per heavy atom. The van der Waals surface area contributed by atoms with Crippen LogP contribution in [-0.4, -0.2) is 16.7 Å². The van der Waals surface area contributed by atoms with Crippen molar-refractivity contribution in [3.05, 3.63) is 60.4 Å². The van der Waals surface area contributed by atoms with Gasteiger partial charge in [-0.2, -0.15) is 0 Å². The maximum atomic E-state index is 11.4. The number of hydrogen-bond acceptors (Lipinski definition) is 3. The van der Waals surface area contributed by atoms with Gasteiger partial charge < -0.3 is 5.32 Å². The Morgan fingerprint density at radius 2 is 1.81 bits per heavy atom. The third-order valence-electron chi connectivity index (χ3n) is 2.95. The fourth-order valence-electron chi connectivity index (χ4n) is 1.87. The number of rotatable bonds is 4. The van der Waals surface area contributed by atoms with E-state index in [2.05, 4.69) is 10.3 Å². The maximum absolute atomic E-state index is 11.4. The Morgan fingerprint density at radius 1 is 1.10 bits per heavy atom. The molecule has 1 heterocycles. The SMILES string of the molecule is C/C=C/C(=O)Nc1ccc(-c2cncc(C(C)=O)c2)cc1. The third kappa shape index (κ3) is 3.86. The fraction of sp³-hybridized carbons (Fsp3) is 0.118. The summed E-state index contributed by atoms with van der Waals surface area (Å²) < 4.78 is 0. The zero-order valence-electron chi connectivity index (χ0n) is 12.0. The van der Waals surface area contributed by atoms with Gasteiger partial charge in [0.15, 0.2) is 5.78 Å². The number of amides is 1. The van der Waals surface area contributed by atoms with Crippen molar-refractivity contribution < 1.29 is 9.59 Å². The van der Waals surface area contributed by atoms with Crippen molar-refractivity contribution in [3.63, 3.8) is 0 Å². The van der Waals surface area contributed by atoms with E-state index in [0.717, 1.165) is 16.8 Å². The number of anilines is 1. The topological polar surface area (TPSA) is 59.1 Å². The first-order chi connectivity index (χ1) is 10.1. The van der Waals surface area contributed by atoms with Crippen molar-refractivity contribution in [2.75, 3.05) is 5.32 Å². The molecule has 1 N–H and O–H groups in total. The van der Waals surface area contributed by atoms with Gasteiger partial charge >= 0.3 is 0 Å². The van der Waals surface area contributed by atoms with Gasteiger partial charge in [-0.15, -0.1) is 0 Å². The average molecular weight is 280 g/mol. The molecule has 0 saturated heterocycles. The minimum Gasteiger partial charge on any atom is -0.323 e. The fourth-order valence-corrected chi connectivity index (χ4v) is 1.87. The number of ketones is 1. The van der Waals surface area contributed by atoms with E-state index in [0.29, 0.717) is 5.56 Å². The quantitative estimate of drug-likeness (QED) is 0.689. The first kappa shape index (κ1) is 14.7. The highest BCUT2D eigenvalue weighted by Gasteiger charge is 2.04. The van der Waals surface area contributed by atoms with E-state index >= 15 is 0 Å². The summed E-state index contributed by atoms with van der Waals surface area (Å²) in [6, 6.07) is 9.20. The molecule has 0 fully saturated rings. The molecule has 0 spiro atoms. The summed E-state index contributed by atoms with van der Waals surface area (Å²) in [4.78, 5) is 26.9. The number of carbonyl (C=O) groups is 2. The van der Waals surface area contributed by atoms with Gasteiger partial charge in [0.1, 0.15) is 0 Å². The summed E-state index contributed by atoms with van der Waals surface area (Å²) in [5.41, 5.74) is 3.11. The van der Waals surface area contributed by atoms with Gasteiger partial charge in [0.05, 0.1) is 0 Å².